The Morgan fingerprint density at radius 1 is 0.517 bits per heavy atom. The fraction of sp³-hybridized carbons (Fsp3) is 0.808. The topological polar surface area (TPSA) is 95.9 Å². The number of unbranched alkanes of at least 4 members (excludes halogenated alkanes) is 24. The molecule has 1 amide bonds. The molecule has 6 heteroatoms. The zero-order valence-electron chi connectivity index (χ0n) is 38.4. The SMILES string of the molecule is CC/C=C/C/C=C/C/C=C/CCCCCCC(CC(=O)NC(CO)C(O)CCCCCCCCCCCCCCC)OC(=O)CCCCCCC/C=C\CCCCC. The van der Waals surface area contributed by atoms with E-state index >= 15 is 0 Å². The fourth-order valence-electron chi connectivity index (χ4n) is 7.38. The van der Waals surface area contributed by atoms with Crippen LogP contribution in [0.4, 0.5) is 0 Å². The van der Waals surface area contributed by atoms with Crippen LogP contribution in [0.1, 0.15) is 245 Å². The van der Waals surface area contributed by atoms with Gasteiger partial charge in [0, 0.05) is 6.42 Å². The van der Waals surface area contributed by atoms with E-state index in [9.17, 15) is 19.8 Å². The third-order valence-electron chi connectivity index (χ3n) is 11.1. The maximum atomic E-state index is 13.2. The van der Waals surface area contributed by atoms with E-state index in [0.717, 1.165) is 96.3 Å². The van der Waals surface area contributed by atoms with E-state index in [1.54, 1.807) is 0 Å². The van der Waals surface area contributed by atoms with Gasteiger partial charge in [0.15, 0.2) is 0 Å². The van der Waals surface area contributed by atoms with Gasteiger partial charge >= 0.3 is 5.97 Å². The van der Waals surface area contributed by atoms with E-state index in [2.05, 4.69) is 74.7 Å². The average Bonchev–Trinajstić information content (AvgIpc) is 3.22. The summed E-state index contributed by atoms with van der Waals surface area (Å²) < 4.78 is 5.91. The molecule has 6 nitrogen and oxygen atoms in total. The molecule has 3 N–H and O–H groups in total. The molecule has 0 aliphatic heterocycles. The van der Waals surface area contributed by atoms with Gasteiger partial charge in [0.2, 0.25) is 5.91 Å². The van der Waals surface area contributed by atoms with Gasteiger partial charge in [-0.1, -0.05) is 198 Å². The maximum Gasteiger partial charge on any atom is 0.306 e. The molecule has 58 heavy (non-hydrogen) atoms. The van der Waals surface area contributed by atoms with Crippen molar-refractivity contribution in [2.75, 3.05) is 6.61 Å². The molecule has 0 fully saturated rings. The predicted octanol–water partition coefficient (Wildman–Crippen LogP) is 14.7. The first-order valence-corrected chi connectivity index (χ1v) is 24.9. The monoisotopic (exact) mass is 814 g/mol. The Balaban J connectivity index is 4.62. The molecular weight excluding hydrogens is 719 g/mol. The second-order valence-electron chi connectivity index (χ2n) is 16.8. The number of aliphatic hydroxyl groups excluding tert-OH is 2. The Morgan fingerprint density at radius 2 is 0.931 bits per heavy atom. The van der Waals surface area contributed by atoms with Crippen LogP contribution in [-0.2, 0) is 14.3 Å². The molecular formula is C52H95NO5. The largest absolute Gasteiger partial charge is 0.462 e. The zero-order valence-corrected chi connectivity index (χ0v) is 38.4. The van der Waals surface area contributed by atoms with Crippen LogP contribution in [0.3, 0.4) is 0 Å². The Hall–Kier alpha value is -2.18. The van der Waals surface area contributed by atoms with Crippen molar-refractivity contribution in [3.05, 3.63) is 48.6 Å². The zero-order chi connectivity index (χ0) is 42.4. The Labute approximate surface area is 359 Å². The van der Waals surface area contributed by atoms with Gasteiger partial charge in [0.1, 0.15) is 6.10 Å². The van der Waals surface area contributed by atoms with Crippen molar-refractivity contribution in [2.24, 2.45) is 0 Å². The number of carbonyl (C=O) groups excluding carboxylic acids is 2. The summed E-state index contributed by atoms with van der Waals surface area (Å²) in [4.78, 5) is 26.1. The molecule has 0 saturated carbocycles. The molecule has 3 atom stereocenters. The number of hydrogen-bond donors (Lipinski definition) is 3. The van der Waals surface area contributed by atoms with Crippen LogP contribution in [-0.4, -0.2) is 46.9 Å². The summed E-state index contributed by atoms with van der Waals surface area (Å²) >= 11 is 0. The van der Waals surface area contributed by atoms with Gasteiger partial charge in [-0.15, -0.1) is 0 Å². The molecule has 0 spiro atoms. The van der Waals surface area contributed by atoms with E-state index in [0.29, 0.717) is 19.3 Å². The maximum absolute atomic E-state index is 13.2. The van der Waals surface area contributed by atoms with Gasteiger partial charge in [-0.25, -0.2) is 0 Å². The molecule has 0 aromatic carbocycles. The first-order valence-electron chi connectivity index (χ1n) is 24.9. The predicted molar refractivity (Wildman–Crippen MR) is 250 cm³/mol. The van der Waals surface area contributed by atoms with Crippen molar-refractivity contribution < 1.29 is 24.5 Å². The lowest BCUT2D eigenvalue weighted by molar-refractivity contribution is -0.151. The first-order chi connectivity index (χ1) is 28.5. The highest BCUT2D eigenvalue weighted by Crippen LogP contribution is 2.17. The minimum absolute atomic E-state index is 0.0597. The van der Waals surface area contributed by atoms with Crippen LogP contribution in [0.15, 0.2) is 48.6 Å². The molecule has 0 aromatic rings. The lowest BCUT2D eigenvalue weighted by Crippen LogP contribution is -2.46. The molecule has 0 aliphatic carbocycles. The normalized spacial score (nSPS) is 13.7. The third kappa shape index (κ3) is 40.6. The highest BCUT2D eigenvalue weighted by molar-refractivity contribution is 5.77. The lowest BCUT2D eigenvalue weighted by atomic mass is 10.0. The van der Waals surface area contributed by atoms with Gasteiger partial charge < -0.3 is 20.3 Å². The molecule has 338 valence electrons. The van der Waals surface area contributed by atoms with Gasteiger partial charge in [-0.05, 0) is 83.5 Å². The molecule has 0 heterocycles. The van der Waals surface area contributed by atoms with Crippen LogP contribution >= 0.6 is 0 Å². The number of ether oxygens (including phenoxy) is 1. The molecule has 0 saturated heterocycles. The molecule has 3 unspecified atom stereocenters. The Kier molecular flexibility index (Phi) is 44.2. The van der Waals surface area contributed by atoms with E-state index in [1.165, 1.54) is 103 Å². The number of carbonyl (C=O) groups is 2. The number of nitrogens with one attached hydrogen (secondary N) is 1. The second-order valence-corrected chi connectivity index (χ2v) is 16.8. The molecule has 0 radical (unpaired) electrons. The van der Waals surface area contributed by atoms with E-state index in [4.69, 9.17) is 4.74 Å². The summed E-state index contributed by atoms with van der Waals surface area (Å²) in [5.74, 6) is -0.504. The Bertz CT molecular complexity index is 1000. The number of aliphatic hydroxyl groups is 2. The number of hydrogen-bond acceptors (Lipinski definition) is 5. The van der Waals surface area contributed by atoms with E-state index < -0.39 is 18.2 Å². The quantitative estimate of drug-likeness (QED) is 0.0323. The molecule has 0 bridgehead atoms. The smallest absolute Gasteiger partial charge is 0.306 e. The highest BCUT2D eigenvalue weighted by atomic mass is 16.5. The number of amides is 1. The van der Waals surface area contributed by atoms with E-state index in [1.807, 2.05) is 0 Å². The van der Waals surface area contributed by atoms with Crippen LogP contribution in [0.25, 0.3) is 0 Å². The molecule has 0 aliphatic rings. The standard InChI is InChI=1S/C52H95NO5/c1-4-7-10-13-16-19-22-25-27-28-31-34-37-40-43-48(58-52(57)45-42-39-36-33-30-24-21-18-15-12-9-6-3)46-51(56)53-49(47-54)50(55)44-41-38-35-32-29-26-23-20-17-14-11-8-5-2/h7,10,16,18-19,21,25,27,48-50,54-55H,4-6,8-9,11-15,17,20,22-24,26,28-47H2,1-3H3,(H,53,56)/b10-7+,19-16+,21-18-,27-25+. The number of esters is 1. The third-order valence-corrected chi connectivity index (χ3v) is 11.1. The average molecular weight is 814 g/mol. The summed E-state index contributed by atoms with van der Waals surface area (Å²) in [6.07, 6.45) is 54.5. The van der Waals surface area contributed by atoms with Crippen molar-refractivity contribution >= 4 is 11.9 Å². The highest BCUT2D eigenvalue weighted by Gasteiger charge is 2.24. The molecule has 0 rings (SSSR count). The van der Waals surface area contributed by atoms with Gasteiger partial charge in [0.05, 0.1) is 25.2 Å². The minimum atomic E-state index is -0.794. The van der Waals surface area contributed by atoms with E-state index in [-0.39, 0.29) is 24.9 Å². The van der Waals surface area contributed by atoms with Gasteiger partial charge in [0.25, 0.3) is 0 Å². The summed E-state index contributed by atoms with van der Waals surface area (Å²) in [5.41, 5.74) is 0. The minimum Gasteiger partial charge on any atom is -0.462 e. The van der Waals surface area contributed by atoms with Crippen LogP contribution in [0.2, 0.25) is 0 Å². The van der Waals surface area contributed by atoms with Gasteiger partial charge in [-0.2, -0.15) is 0 Å². The second kappa shape index (κ2) is 45.9. The van der Waals surface area contributed by atoms with Crippen molar-refractivity contribution in [2.45, 2.75) is 264 Å². The lowest BCUT2D eigenvalue weighted by Gasteiger charge is -2.24. The number of rotatable bonds is 44. The Morgan fingerprint density at radius 3 is 1.47 bits per heavy atom. The van der Waals surface area contributed by atoms with Crippen LogP contribution in [0.5, 0.6) is 0 Å². The van der Waals surface area contributed by atoms with Gasteiger partial charge in [-0.3, -0.25) is 9.59 Å². The van der Waals surface area contributed by atoms with Crippen molar-refractivity contribution in [1.82, 2.24) is 5.32 Å². The summed E-state index contributed by atoms with van der Waals surface area (Å²) in [5, 5.41) is 23.7. The first kappa shape index (κ1) is 55.8. The fourth-order valence-corrected chi connectivity index (χ4v) is 7.38. The van der Waals surface area contributed by atoms with Crippen LogP contribution < -0.4 is 5.32 Å². The van der Waals surface area contributed by atoms with Crippen molar-refractivity contribution in [3.63, 3.8) is 0 Å². The van der Waals surface area contributed by atoms with Crippen LogP contribution in [0, 0.1) is 0 Å². The summed E-state index contributed by atoms with van der Waals surface area (Å²) in [6, 6.07) is -0.709. The molecule has 0 aromatic heterocycles. The summed E-state index contributed by atoms with van der Waals surface area (Å²) in [6.45, 7) is 6.34. The van der Waals surface area contributed by atoms with Crippen molar-refractivity contribution in [3.8, 4) is 0 Å². The van der Waals surface area contributed by atoms with Crippen molar-refractivity contribution in [1.29, 1.82) is 0 Å². The number of allylic oxidation sites excluding steroid dienone is 8. The summed E-state index contributed by atoms with van der Waals surface area (Å²) in [7, 11) is 0.